The lowest BCUT2D eigenvalue weighted by Gasteiger charge is -2.02. The number of hydrogen-bond donors (Lipinski definition) is 1. The molecule has 0 spiro atoms. The summed E-state index contributed by atoms with van der Waals surface area (Å²) in [6, 6.07) is 10.4. The molecule has 0 aliphatic carbocycles. The van der Waals surface area contributed by atoms with Gasteiger partial charge in [0.25, 0.3) is 0 Å². The molecular formula is C17H16N4O3. The number of aromatic carboxylic acids is 1. The van der Waals surface area contributed by atoms with E-state index in [9.17, 15) is 4.79 Å². The van der Waals surface area contributed by atoms with E-state index in [4.69, 9.17) is 9.84 Å². The van der Waals surface area contributed by atoms with Crippen LogP contribution in [0.3, 0.4) is 0 Å². The molecule has 0 unspecified atom stereocenters. The summed E-state index contributed by atoms with van der Waals surface area (Å²) in [6.45, 7) is 4.33. The number of carboxylic acids is 1. The summed E-state index contributed by atoms with van der Waals surface area (Å²) < 4.78 is 7.00. The summed E-state index contributed by atoms with van der Waals surface area (Å²) in [5.41, 5.74) is 2.13. The van der Waals surface area contributed by atoms with Crippen LogP contribution >= 0.6 is 0 Å². The quantitative estimate of drug-likeness (QED) is 0.714. The Bertz CT molecular complexity index is 913. The number of ether oxygens (including phenoxy) is 1. The average Bonchev–Trinajstić information content (AvgIpc) is 2.89. The van der Waals surface area contributed by atoms with Crippen molar-refractivity contribution in [3.8, 4) is 5.75 Å². The highest BCUT2D eigenvalue weighted by molar-refractivity contribution is 5.87. The largest absolute Gasteiger partial charge is 0.494 e. The molecular weight excluding hydrogens is 308 g/mol. The summed E-state index contributed by atoms with van der Waals surface area (Å²) in [4.78, 5) is 15.5. The summed E-state index contributed by atoms with van der Waals surface area (Å²) in [5.74, 6) is 0.271. The number of benzene rings is 1. The van der Waals surface area contributed by atoms with E-state index >= 15 is 0 Å². The van der Waals surface area contributed by atoms with Crippen molar-refractivity contribution in [1.82, 2.24) is 9.38 Å². The maximum atomic E-state index is 11.1. The molecule has 2 heterocycles. The molecule has 0 aliphatic rings. The van der Waals surface area contributed by atoms with Gasteiger partial charge in [-0.2, -0.15) is 0 Å². The number of rotatable bonds is 5. The number of imidazole rings is 1. The van der Waals surface area contributed by atoms with Gasteiger partial charge in [-0.15, -0.1) is 10.2 Å². The van der Waals surface area contributed by atoms with Gasteiger partial charge in [0.2, 0.25) is 0 Å². The first-order chi connectivity index (χ1) is 11.6. The fourth-order valence-corrected chi connectivity index (χ4v) is 2.28. The zero-order chi connectivity index (χ0) is 17.1. The number of nitrogens with zero attached hydrogens (tertiary/aromatic N) is 4. The Morgan fingerprint density at radius 1 is 1.21 bits per heavy atom. The second kappa shape index (κ2) is 6.49. The van der Waals surface area contributed by atoms with Gasteiger partial charge in [-0.25, -0.2) is 9.78 Å². The number of aryl methyl sites for hydroxylation is 1. The molecule has 0 atom stereocenters. The Hall–Kier alpha value is -3.22. The number of pyridine rings is 1. The van der Waals surface area contributed by atoms with Crippen molar-refractivity contribution in [3.05, 3.63) is 53.9 Å². The second-order valence-electron chi connectivity index (χ2n) is 5.10. The first-order valence-electron chi connectivity index (χ1n) is 7.45. The molecule has 0 bridgehead atoms. The van der Waals surface area contributed by atoms with Gasteiger partial charge in [-0.1, -0.05) is 0 Å². The van der Waals surface area contributed by atoms with Gasteiger partial charge in [0.1, 0.15) is 11.4 Å². The summed E-state index contributed by atoms with van der Waals surface area (Å²) in [6.07, 6.45) is 1.49. The van der Waals surface area contributed by atoms with Crippen LogP contribution in [0, 0.1) is 6.92 Å². The fourth-order valence-electron chi connectivity index (χ4n) is 2.28. The van der Waals surface area contributed by atoms with E-state index in [1.807, 2.05) is 19.1 Å². The first kappa shape index (κ1) is 15.7. The van der Waals surface area contributed by atoms with Crippen LogP contribution in [0.4, 0.5) is 11.5 Å². The van der Waals surface area contributed by atoms with Crippen LogP contribution in [0.2, 0.25) is 0 Å². The van der Waals surface area contributed by atoms with E-state index in [0.717, 1.165) is 5.75 Å². The maximum absolute atomic E-state index is 11.1. The normalized spacial score (nSPS) is 11.2. The van der Waals surface area contributed by atoms with E-state index in [-0.39, 0.29) is 5.56 Å². The lowest BCUT2D eigenvalue weighted by Crippen LogP contribution is -1.98. The van der Waals surface area contributed by atoms with Crippen molar-refractivity contribution >= 4 is 23.1 Å². The number of azo groups is 1. The highest BCUT2D eigenvalue weighted by atomic mass is 16.5. The molecule has 0 amide bonds. The molecule has 0 saturated heterocycles. The van der Waals surface area contributed by atoms with Crippen LogP contribution in [-0.2, 0) is 0 Å². The van der Waals surface area contributed by atoms with Gasteiger partial charge in [0.15, 0.2) is 5.82 Å². The van der Waals surface area contributed by atoms with Crippen molar-refractivity contribution in [3.63, 3.8) is 0 Å². The van der Waals surface area contributed by atoms with E-state index in [1.54, 1.807) is 29.5 Å². The van der Waals surface area contributed by atoms with E-state index < -0.39 is 5.97 Å². The van der Waals surface area contributed by atoms with E-state index in [1.165, 1.54) is 12.3 Å². The highest BCUT2D eigenvalue weighted by Gasteiger charge is 2.11. The molecule has 7 heteroatoms. The minimum atomic E-state index is -1.00. The summed E-state index contributed by atoms with van der Waals surface area (Å²) in [7, 11) is 0. The van der Waals surface area contributed by atoms with Crippen LogP contribution < -0.4 is 4.74 Å². The Balaban J connectivity index is 1.95. The SMILES string of the molecule is CCOc1ccc(N=Nc2c(C)nc3ccc(C(=O)O)cn23)cc1. The van der Waals surface area contributed by atoms with Gasteiger partial charge in [0.05, 0.1) is 23.6 Å². The number of carboxylic acid groups (broad SMARTS) is 1. The third-order valence-electron chi connectivity index (χ3n) is 3.42. The molecule has 0 fully saturated rings. The minimum absolute atomic E-state index is 0.164. The average molecular weight is 324 g/mol. The van der Waals surface area contributed by atoms with Crippen LogP contribution in [0.5, 0.6) is 5.75 Å². The number of aromatic nitrogens is 2. The van der Waals surface area contributed by atoms with Gasteiger partial charge < -0.3 is 9.84 Å². The Morgan fingerprint density at radius 2 is 1.96 bits per heavy atom. The predicted molar refractivity (Wildman–Crippen MR) is 88.7 cm³/mol. The number of carbonyl (C=O) groups is 1. The first-order valence-corrected chi connectivity index (χ1v) is 7.45. The van der Waals surface area contributed by atoms with Crippen molar-refractivity contribution in [2.75, 3.05) is 6.61 Å². The molecule has 1 N–H and O–H groups in total. The third-order valence-corrected chi connectivity index (χ3v) is 3.42. The van der Waals surface area contributed by atoms with Crippen molar-refractivity contribution in [1.29, 1.82) is 0 Å². The zero-order valence-electron chi connectivity index (χ0n) is 13.3. The van der Waals surface area contributed by atoms with Crippen LogP contribution in [-0.4, -0.2) is 27.1 Å². The Labute approximate surface area is 138 Å². The number of hydrogen-bond acceptors (Lipinski definition) is 5. The molecule has 3 aromatic rings. The Morgan fingerprint density at radius 3 is 2.62 bits per heavy atom. The lowest BCUT2D eigenvalue weighted by atomic mass is 10.3. The molecule has 3 rings (SSSR count). The van der Waals surface area contributed by atoms with Crippen molar-refractivity contribution in [2.45, 2.75) is 13.8 Å². The predicted octanol–water partition coefficient (Wildman–Crippen LogP) is 4.16. The number of fused-ring (bicyclic) bond motifs is 1. The zero-order valence-corrected chi connectivity index (χ0v) is 13.3. The molecule has 0 saturated carbocycles. The van der Waals surface area contributed by atoms with Crippen LogP contribution in [0.1, 0.15) is 23.0 Å². The second-order valence-corrected chi connectivity index (χ2v) is 5.10. The Kier molecular flexibility index (Phi) is 4.24. The molecule has 1 aromatic carbocycles. The lowest BCUT2D eigenvalue weighted by molar-refractivity contribution is 0.0696. The molecule has 7 nitrogen and oxygen atoms in total. The minimum Gasteiger partial charge on any atom is -0.494 e. The molecule has 122 valence electrons. The standard InChI is InChI=1S/C17H16N4O3/c1-3-24-14-7-5-13(6-8-14)19-20-16-11(2)18-15-9-4-12(17(22)23)10-21(15)16/h4-10H,3H2,1-2H3,(H,22,23). The van der Waals surface area contributed by atoms with Gasteiger partial charge >= 0.3 is 5.97 Å². The molecule has 0 aliphatic heterocycles. The third kappa shape index (κ3) is 3.10. The summed E-state index contributed by atoms with van der Waals surface area (Å²) in [5, 5.41) is 17.5. The maximum Gasteiger partial charge on any atom is 0.337 e. The monoisotopic (exact) mass is 324 g/mol. The van der Waals surface area contributed by atoms with E-state index in [2.05, 4.69) is 15.2 Å². The highest BCUT2D eigenvalue weighted by Crippen LogP contribution is 2.25. The smallest absolute Gasteiger partial charge is 0.337 e. The van der Waals surface area contributed by atoms with Crippen LogP contribution in [0.25, 0.3) is 5.65 Å². The molecule has 2 aromatic heterocycles. The van der Waals surface area contributed by atoms with E-state index in [0.29, 0.717) is 29.5 Å². The van der Waals surface area contributed by atoms with Crippen molar-refractivity contribution < 1.29 is 14.6 Å². The fraction of sp³-hybridized carbons (Fsp3) is 0.176. The topological polar surface area (TPSA) is 88.5 Å². The van der Waals surface area contributed by atoms with Gasteiger partial charge in [0, 0.05) is 6.20 Å². The van der Waals surface area contributed by atoms with Gasteiger partial charge in [-0.3, -0.25) is 4.40 Å². The molecule has 0 radical (unpaired) electrons. The van der Waals surface area contributed by atoms with Gasteiger partial charge in [-0.05, 0) is 50.2 Å². The molecule has 24 heavy (non-hydrogen) atoms. The summed E-state index contributed by atoms with van der Waals surface area (Å²) >= 11 is 0. The van der Waals surface area contributed by atoms with Crippen LogP contribution in [0.15, 0.2) is 52.8 Å². The van der Waals surface area contributed by atoms with Crippen molar-refractivity contribution in [2.24, 2.45) is 10.2 Å².